The van der Waals surface area contributed by atoms with Crippen LogP contribution in [0.1, 0.15) is 29.3 Å². The Morgan fingerprint density at radius 2 is 2.00 bits per heavy atom. The molecule has 0 radical (unpaired) electrons. The second-order valence-corrected chi connectivity index (χ2v) is 5.36. The fourth-order valence-electron chi connectivity index (χ4n) is 2.35. The summed E-state index contributed by atoms with van der Waals surface area (Å²) in [6.45, 7) is 2.72. The van der Waals surface area contributed by atoms with Gasteiger partial charge in [-0.2, -0.15) is 5.10 Å². The third-order valence-corrected chi connectivity index (χ3v) is 3.58. The average molecular weight is 321 g/mol. The molecule has 2 N–H and O–H groups in total. The molecule has 0 spiro atoms. The molecule has 0 saturated heterocycles. The van der Waals surface area contributed by atoms with E-state index in [-0.39, 0.29) is 5.91 Å². The van der Waals surface area contributed by atoms with E-state index in [0.29, 0.717) is 12.2 Å². The van der Waals surface area contributed by atoms with Gasteiger partial charge in [0.05, 0.1) is 12.8 Å². The van der Waals surface area contributed by atoms with Crippen LogP contribution in [-0.2, 0) is 0 Å². The van der Waals surface area contributed by atoms with Crippen molar-refractivity contribution in [3.63, 3.8) is 0 Å². The van der Waals surface area contributed by atoms with Crippen LogP contribution in [-0.4, -0.2) is 23.7 Å². The van der Waals surface area contributed by atoms with Gasteiger partial charge in [-0.1, -0.05) is 25.1 Å². The number of nitrogens with one attached hydrogen (secondary N) is 2. The number of carbonyl (C=O) groups is 1. The van der Waals surface area contributed by atoms with Crippen LogP contribution >= 0.6 is 0 Å². The number of hydrogen-bond acceptors (Lipinski definition) is 3. The molecule has 5 heteroatoms. The van der Waals surface area contributed by atoms with E-state index in [0.717, 1.165) is 28.6 Å². The number of ether oxygens (including phenoxy) is 1. The molecule has 0 saturated carbocycles. The van der Waals surface area contributed by atoms with Gasteiger partial charge in [-0.05, 0) is 36.8 Å². The first-order valence-electron chi connectivity index (χ1n) is 7.90. The molecule has 0 atom stereocenters. The van der Waals surface area contributed by atoms with Crippen molar-refractivity contribution in [1.82, 2.24) is 10.4 Å². The van der Waals surface area contributed by atoms with Gasteiger partial charge in [0.25, 0.3) is 5.91 Å². The van der Waals surface area contributed by atoms with Crippen molar-refractivity contribution in [3.8, 4) is 5.75 Å². The van der Waals surface area contributed by atoms with Crippen molar-refractivity contribution in [2.24, 2.45) is 5.10 Å². The maximum atomic E-state index is 12.1. The molecule has 122 valence electrons. The van der Waals surface area contributed by atoms with Crippen molar-refractivity contribution in [2.45, 2.75) is 13.3 Å². The van der Waals surface area contributed by atoms with Crippen molar-refractivity contribution in [2.75, 3.05) is 6.61 Å². The van der Waals surface area contributed by atoms with Gasteiger partial charge in [0.1, 0.15) is 5.75 Å². The number of para-hydroxylation sites is 1. The topological polar surface area (TPSA) is 66.5 Å². The van der Waals surface area contributed by atoms with Crippen LogP contribution in [0.2, 0.25) is 0 Å². The summed E-state index contributed by atoms with van der Waals surface area (Å²) in [7, 11) is 0. The first-order chi connectivity index (χ1) is 11.8. The lowest BCUT2D eigenvalue weighted by atomic mass is 10.2. The molecule has 1 heterocycles. The van der Waals surface area contributed by atoms with Gasteiger partial charge in [0.15, 0.2) is 0 Å². The summed E-state index contributed by atoms with van der Waals surface area (Å²) in [4.78, 5) is 15.3. The Kier molecular flexibility index (Phi) is 4.91. The summed E-state index contributed by atoms with van der Waals surface area (Å²) in [5.74, 6) is 0.504. The lowest BCUT2D eigenvalue weighted by Crippen LogP contribution is -2.17. The standard InChI is InChI=1S/C19H19N3O2/c1-2-11-24-16-9-7-14(8-10-16)19(23)22-21-13-15-12-20-18-6-4-3-5-17(15)18/h3-10,12-13,20H,2,11H2,1H3,(H,22,23)/b21-13-. The fourth-order valence-corrected chi connectivity index (χ4v) is 2.35. The molecule has 1 amide bonds. The Morgan fingerprint density at radius 1 is 1.21 bits per heavy atom. The highest BCUT2D eigenvalue weighted by Crippen LogP contribution is 2.15. The number of nitrogens with zero attached hydrogens (tertiary/aromatic N) is 1. The van der Waals surface area contributed by atoms with Crippen molar-refractivity contribution in [3.05, 3.63) is 65.9 Å². The van der Waals surface area contributed by atoms with Crippen LogP contribution in [0.15, 0.2) is 59.8 Å². The first-order valence-corrected chi connectivity index (χ1v) is 7.90. The second-order valence-electron chi connectivity index (χ2n) is 5.36. The Labute approximate surface area is 140 Å². The smallest absolute Gasteiger partial charge is 0.271 e. The number of carbonyl (C=O) groups excluding carboxylic acids is 1. The number of aromatic nitrogens is 1. The molecular formula is C19H19N3O2. The highest BCUT2D eigenvalue weighted by molar-refractivity contribution is 6.00. The molecule has 0 aliphatic carbocycles. The molecule has 3 rings (SSSR count). The number of benzene rings is 2. The quantitative estimate of drug-likeness (QED) is 0.537. The zero-order valence-electron chi connectivity index (χ0n) is 13.5. The highest BCUT2D eigenvalue weighted by atomic mass is 16.5. The molecule has 0 aliphatic heterocycles. The minimum Gasteiger partial charge on any atom is -0.494 e. The third-order valence-electron chi connectivity index (χ3n) is 3.58. The number of fused-ring (bicyclic) bond motifs is 1. The van der Waals surface area contributed by atoms with Crippen LogP contribution in [0.4, 0.5) is 0 Å². The van der Waals surface area contributed by atoms with E-state index in [9.17, 15) is 4.79 Å². The van der Waals surface area contributed by atoms with E-state index in [1.807, 2.05) is 37.4 Å². The number of amides is 1. The zero-order chi connectivity index (χ0) is 16.8. The second kappa shape index (κ2) is 7.46. The van der Waals surface area contributed by atoms with Crippen LogP contribution in [0.3, 0.4) is 0 Å². The third kappa shape index (κ3) is 3.63. The molecular weight excluding hydrogens is 302 g/mol. The Hall–Kier alpha value is -3.08. The van der Waals surface area contributed by atoms with Crippen molar-refractivity contribution >= 4 is 23.0 Å². The summed E-state index contributed by atoms with van der Waals surface area (Å²) >= 11 is 0. The molecule has 0 fully saturated rings. The molecule has 1 aromatic heterocycles. The van der Waals surface area contributed by atoms with Crippen LogP contribution in [0.5, 0.6) is 5.75 Å². The highest BCUT2D eigenvalue weighted by Gasteiger charge is 2.05. The van der Waals surface area contributed by atoms with Gasteiger partial charge in [-0.25, -0.2) is 5.43 Å². The van der Waals surface area contributed by atoms with Crippen LogP contribution in [0, 0.1) is 0 Å². The van der Waals surface area contributed by atoms with Crippen molar-refractivity contribution < 1.29 is 9.53 Å². The molecule has 24 heavy (non-hydrogen) atoms. The van der Waals surface area contributed by atoms with E-state index in [4.69, 9.17) is 4.74 Å². The molecule has 0 aliphatic rings. The monoisotopic (exact) mass is 321 g/mol. The normalized spacial score (nSPS) is 11.0. The summed E-state index contributed by atoms with van der Waals surface area (Å²) < 4.78 is 5.50. The van der Waals surface area contributed by atoms with E-state index in [1.165, 1.54) is 0 Å². The summed E-state index contributed by atoms with van der Waals surface area (Å²) in [6.07, 6.45) is 4.44. The van der Waals surface area contributed by atoms with E-state index in [1.54, 1.807) is 30.5 Å². The Bertz CT molecular complexity index is 850. The molecule has 5 nitrogen and oxygen atoms in total. The molecule has 0 unspecified atom stereocenters. The molecule has 3 aromatic rings. The number of hydrogen-bond donors (Lipinski definition) is 2. The zero-order valence-corrected chi connectivity index (χ0v) is 13.5. The van der Waals surface area contributed by atoms with E-state index in [2.05, 4.69) is 15.5 Å². The number of aromatic amines is 1. The number of hydrazone groups is 1. The van der Waals surface area contributed by atoms with E-state index >= 15 is 0 Å². The summed E-state index contributed by atoms with van der Waals surface area (Å²) in [6, 6.07) is 15.0. The van der Waals surface area contributed by atoms with Gasteiger partial charge < -0.3 is 9.72 Å². The van der Waals surface area contributed by atoms with Crippen molar-refractivity contribution in [1.29, 1.82) is 0 Å². The minimum absolute atomic E-state index is 0.256. The molecule has 0 bridgehead atoms. The van der Waals surface area contributed by atoms with E-state index < -0.39 is 0 Å². The Morgan fingerprint density at radius 3 is 2.79 bits per heavy atom. The summed E-state index contributed by atoms with van der Waals surface area (Å²) in [5, 5.41) is 5.10. The van der Waals surface area contributed by atoms with Gasteiger partial charge in [0.2, 0.25) is 0 Å². The first kappa shape index (κ1) is 15.8. The SMILES string of the molecule is CCCOc1ccc(C(=O)N/N=C\c2c[nH]c3ccccc23)cc1. The summed E-state index contributed by atoms with van der Waals surface area (Å²) in [5.41, 5.74) is 5.04. The lowest BCUT2D eigenvalue weighted by molar-refractivity contribution is 0.0955. The average Bonchev–Trinajstić information content (AvgIpc) is 3.03. The predicted molar refractivity (Wildman–Crippen MR) is 95.6 cm³/mol. The maximum absolute atomic E-state index is 12.1. The Balaban J connectivity index is 1.62. The number of rotatable bonds is 6. The number of H-pyrrole nitrogens is 1. The van der Waals surface area contributed by atoms with Gasteiger partial charge in [-0.3, -0.25) is 4.79 Å². The van der Waals surface area contributed by atoms with Crippen LogP contribution < -0.4 is 10.2 Å². The van der Waals surface area contributed by atoms with Gasteiger partial charge >= 0.3 is 0 Å². The maximum Gasteiger partial charge on any atom is 0.271 e. The fraction of sp³-hybridized carbons (Fsp3) is 0.158. The van der Waals surface area contributed by atoms with Gasteiger partial charge in [-0.15, -0.1) is 0 Å². The minimum atomic E-state index is -0.256. The largest absolute Gasteiger partial charge is 0.494 e. The lowest BCUT2D eigenvalue weighted by Gasteiger charge is -2.05. The molecule has 2 aromatic carbocycles. The predicted octanol–water partition coefficient (Wildman–Crippen LogP) is 3.72. The van der Waals surface area contributed by atoms with Gasteiger partial charge in [0, 0.05) is 28.2 Å². The van der Waals surface area contributed by atoms with Crippen LogP contribution in [0.25, 0.3) is 10.9 Å².